The maximum absolute atomic E-state index is 12.9. The minimum absolute atomic E-state index is 0.0290. The number of hydrogen-bond acceptors (Lipinski definition) is 4. The summed E-state index contributed by atoms with van der Waals surface area (Å²) in [6, 6.07) is 9.81. The number of amides is 1. The topological polar surface area (TPSA) is 70.6 Å². The molecule has 0 aromatic heterocycles. The van der Waals surface area contributed by atoms with Crippen LogP contribution in [0, 0.1) is 0 Å². The zero-order valence-corrected chi connectivity index (χ0v) is 15.7. The Labute approximate surface area is 165 Å². The molecular weight excluding hydrogens is 385 g/mol. The van der Waals surface area contributed by atoms with Gasteiger partial charge in [-0.05, 0) is 55.2 Å². The van der Waals surface area contributed by atoms with E-state index in [9.17, 15) is 23.1 Å². The highest BCUT2D eigenvalue weighted by atomic mass is 19.4. The molecule has 0 spiro atoms. The molecule has 0 saturated carbocycles. The third kappa shape index (κ3) is 3.95. The number of piperidine rings is 1. The molecule has 1 saturated heterocycles. The molecule has 0 bridgehead atoms. The first-order valence-electron chi connectivity index (χ1n) is 9.37. The largest absolute Gasteiger partial charge is 0.482 e. The van der Waals surface area contributed by atoms with Gasteiger partial charge in [0, 0.05) is 12.1 Å². The number of fused-ring (bicyclic) bond motifs is 1. The number of aliphatic hydroxyl groups is 1. The summed E-state index contributed by atoms with van der Waals surface area (Å²) in [5.41, 5.74) is -0.134. The molecule has 2 aliphatic heterocycles. The summed E-state index contributed by atoms with van der Waals surface area (Å²) in [5, 5.41) is 17.5. The first-order valence-corrected chi connectivity index (χ1v) is 9.37. The summed E-state index contributed by atoms with van der Waals surface area (Å²) in [6.07, 6.45) is -3.75. The molecule has 2 aromatic carbocycles. The number of carbonyl (C=O) groups is 1. The lowest BCUT2D eigenvalue weighted by atomic mass is 9.77. The molecule has 2 aromatic rings. The highest BCUT2D eigenvalue weighted by Crippen LogP contribution is 2.42. The summed E-state index contributed by atoms with van der Waals surface area (Å²) in [6.45, 7) is 1.89. The van der Waals surface area contributed by atoms with E-state index in [0.29, 0.717) is 23.4 Å². The summed E-state index contributed by atoms with van der Waals surface area (Å²) in [5.74, 6) is 0.344. The standard InChI is InChI=1S/C21H21F3N2O3/c1-12-9-20(28,14-3-5-15(6-4-14)21(22,23)24)10-17(25-12)13-2-7-18-16(8-13)26-19(27)11-29-18/h2-8,12,17,25,28H,9-11H2,1H3,(H,26,27)/t12-,17-,20?/m0/s1. The van der Waals surface area contributed by atoms with Gasteiger partial charge in [-0.1, -0.05) is 18.2 Å². The Morgan fingerprint density at radius 3 is 2.55 bits per heavy atom. The Morgan fingerprint density at radius 2 is 1.86 bits per heavy atom. The minimum atomic E-state index is -4.42. The van der Waals surface area contributed by atoms with E-state index in [0.717, 1.165) is 17.7 Å². The van der Waals surface area contributed by atoms with E-state index in [1.807, 2.05) is 13.0 Å². The van der Waals surface area contributed by atoms with Gasteiger partial charge in [0.05, 0.1) is 16.9 Å². The maximum atomic E-state index is 12.9. The average molecular weight is 406 g/mol. The van der Waals surface area contributed by atoms with Crippen LogP contribution in [0.4, 0.5) is 18.9 Å². The smallest absolute Gasteiger partial charge is 0.416 e. The first-order chi connectivity index (χ1) is 13.6. The Bertz CT molecular complexity index is 930. The molecule has 0 aliphatic carbocycles. The van der Waals surface area contributed by atoms with Crippen LogP contribution >= 0.6 is 0 Å². The van der Waals surface area contributed by atoms with Gasteiger partial charge < -0.3 is 20.5 Å². The molecule has 1 amide bonds. The van der Waals surface area contributed by atoms with Crippen molar-refractivity contribution in [2.75, 3.05) is 11.9 Å². The average Bonchev–Trinajstić information content (AvgIpc) is 2.66. The van der Waals surface area contributed by atoms with Crippen molar-refractivity contribution in [2.45, 2.75) is 43.6 Å². The van der Waals surface area contributed by atoms with E-state index in [1.54, 1.807) is 12.1 Å². The van der Waals surface area contributed by atoms with Crippen LogP contribution in [0.15, 0.2) is 42.5 Å². The SMILES string of the molecule is C[C@H]1CC(O)(c2ccc(C(F)(F)F)cc2)C[C@@H](c2ccc3c(c2)NC(=O)CO3)N1. The van der Waals surface area contributed by atoms with Gasteiger partial charge in [-0.3, -0.25) is 4.79 Å². The monoisotopic (exact) mass is 406 g/mol. The maximum Gasteiger partial charge on any atom is 0.416 e. The van der Waals surface area contributed by atoms with Gasteiger partial charge in [-0.25, -0.2) is 0 Å². The van der Waals surface area contributed by atoms with Crippen molar-refractivity contribution in [1.29, 1.82) is 0 Å². The van der Waals surface area contributed by atoms with Crippen molar-refractivity contribution in [3.05, 3.63) is 59.2 Å². The lowest BCUT2D eigenvalue weighted by Crippen LogP contribution is -2.46. The van der Waals surface area contributed by atoms with Gasteiger partial charge in [0.15, 0.2) is 6.61 Å². The fourth-order valence-electron chi connectivity index (χ4n) is 4.13. The van der Waals surface area contributed by atoms with Crippen molar-refractivity contribution < 1.29 is 27.8 Å². The molecule has 3 N–H and O–H groups in total. The van der Waals surface area contributed by atoms with Crippen LogP contribution in [-0.2, 0) is 16.6 Å². The van der Waals surface area contributed by atoms with Gasteiger partial charge in [0.2, 0.25) is 0 Å². The first kappa shape index (κ1) is 19.7. The van der Waals surface area contributed by atoms with Gasteiger partial charge in [-0.15, -0.1) is 0 Å². The Kier molecular flexibility index (Phi) is 4.78. The van der Waals surface area contributed by atoms with Crippen LogP contribution in [0.25, 0.3) is 0 Å². The van der Waals surface area contributed by atoms with Crippen LogP contribution < -0.4 is 15.4 Å². The summed E-state index contributed by atoms with van der Waals surface area (Å²) in [7, 11) is 0. The number of nitrogens with one attached hydrogen (secondary N) is 2. The van der Waals surface area contributed by atoms with Crippen molar-refractivity contribution >= 4 is 11.6 Å². The molecule has 1 unspecified atom stereocenters. The Balaban J connectivity index is 1.61. The second-order valence-electron chi connectivity index (χ2n) is 7.73. The molecule has 29 heavy (non-hydrogen) atoms. The third-order valence-corrected chi connectivity index (χ3v) is 5.46. The summed E-state index contributed by atoms with van der Waals surface area (Å²) >= 11 is 0. The van der Waals surface area contributed by atoms with E-state index in [4.69, 9.17) is 4.74 Å². The fourth-order valence-corrected chi connectivity index (χ4v) is 4.13. The van der Waals surface area contributed by atoms with E-state index >= 15 is 0 Å². The van der Waals surface area contributed by atoms with Crippen LogP contribution in [0.2, 0.25) is 0 Å². The van der Waals surface area contributed by atoms with Crippen molar-refractivity contribution in [3.8, 4) is 5.75 Å². The predicted octanol–water partition coefficient (Wildman–Crippen LogP) is 3.74. The molecular formula is C21H21F3N2O3. The Hall–Kier alpha value is -2.58. The minimum Gasteiger partial charge on any atom is -0.482 e. The van der Waals surface area contributed by atoms with E-state index in [-0.39, 0.29) is 31.0 Å². The highest BCUT2D eigenvalue weighted by Gasteiger charge is 2.40. The molecule has 0 radical (unpaired) electrons. The molecule has 2 heterocycles. The number of halogens is 3. The lowest BCUT2D eigenvalue weighted by Gasteiger charge is -2.42. The van der Waals surface area contributed by atoms with Crippen molar-refractivity contribution in [2.24, 2.45) is 0 Å². The van der Waals surface area contributed by atoms with Gasteiger partial charge >= 0.3 is 6.18 Å². The quantitative estimate of drug-likeness (QED) is 0.711. The highest BCUT2D eigenvalue weighted by molar-refractivity contribution is 5.95. The molecule has 3 atom stereocenters. The number of ether oxygens (including phenoxy) is 1. The second-order valence-corrected chi connectivity index (χ2v) is 7.73. The zero-order valence-electron chi connectivity index (χ0n) is 15.7. The summed E-state index contributed by atoms with van der Waals surface area (Å²) < 4.78 is 43.9. The van der Waals surface area contributed by atoms with E-state index in [1.165, 1.54) is 12.1 Å². The van der Waals surface area contributed by atoms with E-state index < -0.39 is 17.3 Å². The lowest BCUT2D eigenvalue weighted by molar-refractivity contribution is -0.137. The molecule has 5 nitrogen and oxygen atoms in total. The molecule has 1 fully saturated rings. The van der Waals surface area contributed by atoms with Crippen LogP contribution in [0.1, 0.15) is 42.5 Å². The fraction of sp³-hybridized carbons (Fsp3) is 0.381. The number of alkyl halides is 3. The second kappa shape index (κ2) is 7.03. The van der Waals surface area contributed by atoms with E-state index in [2.05, 4.69) is 10.6 Å². The van der Waals surface area contributed by atoms with Gasteiger partial charge in [0.1, 0.15) is 5.75 Å². The van der Waals surface area contributed by atoms with Crippen LogP contribution in [0.5, 0.6) is 5.75 Å². The summed E-state index contributed by atoms with van der Waals surface area (Å²) in [4.78, 5) is 11.6. The number of rotatable bonds is 2. The molecule has 8 heteroatoms. The number of benzene rings is 2. The van der Waals surface area contributed by atoms with Crippen molar-refractivity contribution in [1.82, 2.24) is 5.32 Å². The zero-order chi connectivity index (χ0) is 20.8. The number of carbonyl (C=O) groups excluding carboxylic acids is 1. The predicted molar refractivity (Wildman–Crippen MR) is 100 cm³/mol. The number of hydrogen-bond donors (Lipinski definition) is 3. The molecule has 2 aliphatic rings. The normalized spacial score (nSPS) is 27.0. The number of anilines is 1. The Morgan fingerprint density at radius 1 is 1.14 bits per heavy atom. The van der Waals surface area contributed by atoms with Crippen LogP contribution in [0.3, 0.4) is 0 Å². The van der Waals surface area contributed by atoms with Crippen LogP contribution in [-0.4, -0.2) is 23.7 Å². The molecule has 154 valence electrons. The molecule has 4 rings (SSSR count). The van der Waals surface area contributed by atoms with Gasteiger partial charge in [-0.2, -0.15) is 13.2 Å². The third-order valence-electron chi connectivity index (χ3n) is 5.46. The van der Waals surface area contributed by atoms with Crippen molar-refractivity contribution in [3.63, 3.8) is 0 Å². The van der Waals surface area contributed by atoms with Gasteiger partial charge in [0.25, 0.3) is 5.91 Å².